The van der Waals surface area contributed by atoms with E-state index >= 15 is 0 Å². The van der Waals surface area contributed by atoms with Crippen molar-refractivity contribution < 1.29 is 8.42 Å². The maximum absolute atomic E-state index is 12.5. The number of rotatable bonds is 5. The van der Waals surface area contributed by atoms with Crippen LogP contribution in [0.2, 0.25) is 0 Å². The first-order valence-electron chi connectivity index (χ1n) is 8.32. The summed E-state index contributed by atoms with van der Waals surface area (Å²) in [6, 6.07) is 13.8. The van der Waals surface area contributed by atoms with Gasteiger partial charge in [-0.1, -0.05) is 18.2 Å². The van der Waals surface area contributed by atoms with Crippen LogP contribution in [0, 0.1) is 0 Å². The molecule has 1 fully saturated rings. The zero-order valence-electron chi connectivity index (χ0n) is 14.3. The van der Waals surface area contributed by atoms with Gasteiger partial charge < -0.3 is 10.2 Å². The van der Waals surface area contributed by atoms with Crippen LogP contribution in [0.15, 0.2) is 57.9 Å². The van der Waals surface area contributed by atoms with Crippen molar-refractivity contribution in [1.29, 1.82) is 0 Å². The summed E-state index contributed by atoms with van der Waals surface area (Å²) in [5.74, 6) is 0. The van der Waals surface area contributed by atoms with E-state index in [1.165, 1.54) is 0 Å². The minimum Gasteiger partial charge on any atom is -0.380 e. The maximum Gasteiger partial charge on any atom is 0.261 e. The van der Waals surface area contributed by atoms with Crippen LogP contribution in [-0.4, -0.2) is 44.9 Å². The SMILES string of the molecule is CN1CCC(Nc2cc(NS(=O)(=O)c3ccccc3)ccc2Br)C(Cl)C1. The van der Waals surface area contributed by atoms with Crippen molar-refractivity contribution in [1.82, 2.24) is 4.90 Å². The molecule has 2 atom stereocenters. The van der Waals surface area contributed by atoms with Crippen molar-refractivity contribution in [2.24, 2.45) is 0 Å². The number of sulfonamides is 1. The molecule has 3 rings (SSSR count). The molecule has 140 valence electrons. The summed E-state index contributed by atoms with van der Waals surface area (Å²) in [4.78, 5) is 2.43. The number of hydrogen-bond donors (Lipinski definition) is 2. The molecule has 0 radical (unpaired) electrons. The summed E-state index contributed by atoms with van der Waals surface area (Å²) in [5, 5.41) is 3.44. The molecule has 1 saturated heterocycles. The van der Waals surface area contributed by atoms with Crippen LogP contribution < -0.4 is 10.0 Å². The van der Waals surface area contributed by atoms with E-state index in [1.807, 2.05) is 6.07 Å². The molecule has 5 nitrogen and oxygen atoms in total. The predicted octanol–water partition coefficient (Wildman–Crippen LogP) is 3.97. The van der Waals surface area contributed by atoms with Gasteiger partial charge in [-0.25, -0.2) is 8.42 Å². The Labute approximate surface area is 167 Å². The minimum absolute atomic E-state index is 0.00897. The maximum atomic E-state index is 12.5. The van der Waals surface area contributed by atoms with Gasteiger partial charge in [-0.05, 0) is 66.3 Å². The number of halogens is 2. The number of benzene rings is 2. The van der Waals surface area contributed by atoms with Gasteiger partial charge in [-0.2, -0.15) is 0 Å². The smallest absolute Gasteiger partial charge is 0.261 e. The molecular weight excluding hydrogens is 438 g/mol. The van der Waals surface area contributed by atoms with E-state index in [9.17, 15) is 8.42 Å². The van der Waals surface area contributed by atoms with Crippen molar-refractivity contribution in [3.63, 3.8) is 0 Å². The van der Waals surface area contributed by atoms with Crippen LogP contribution in [0.4, 0.5) is 11.4 Å². The second-order valence-electron chi connectivity index (χ2n) is 6.43. The van der Waals surface area contributed by atoms with Gasteiger partial charge in [-0.3, -0.25) is 4.72 Å². The fraction of sp³-hybridized carbons (Fsp3) is 0.333. The number of hydrogen-bond acceptors (Lipinski definition) is 4. The van der Waals surface area contributed by atoms with Crippen LogP contribution in [0.25, 0.3) is 0 Å². The Hall–Kier alpha value is -1.28. The minimum atomic E-state index is -3.62. The standard InChI is InChI=1S/C18H21BrClN3O2S/c1-23-10-9-17(16(20)12-23)21-18-11-13(7-8-15(18)19)22-26(24,25)14-5-3-2-4-6-14/h2-8,11,16-17,21-22H,9-10,12H2,1H3. The number of piperidine rings is 1. The fourth-order valence-corrected chi connectivity index (χ4v) is 4.79. The van der Waals surface area contributed by atoms with Gasteiger partial charge in [0, 0.05) is 17.1 Å². The highest BCUT2D eigenvalue weighted by Crippen LogP contribution is 2.30. The van der Waals surface area contributed by atoms with Gasteiger partial charge in [0.1, 0.15) is 0 Å². The highest BCUT2D eigenvalue weighted by atomic mass is 79.9. The Bertz CT molecular complexity index is 864. The molecule has 0 saturated carbocycles. The highest BCUT2D eigenvalue weighted by Gasteiger charge is 2.26. The average Bonchev–Trinajstić information content (AvgIpc) is 2.61. The van der Waals surface area contributed by atoms with Crippen molar-refractivity contribution >= 4 is 48.9 Å². The third-order valence-electron chi connectivity index (χ3n) is 4.36. The van der Waals surface area contributed by atoms with Crippen LogP contribution in [-0.2, 0) is 10.0 Å². The third kappa shape index (κ3) is 4.71. The molecule has 0 aliphatic carbocycles. The number of nitrogens with one attached hydrogen (secondary N) is 2. The van der Waals surface area contributed by atoms with Crippen LogP contribution in [0.3, 0.4) is 0 Å². The second-order valence-corrected chi connectivity index (χ2v) is 9.53. The molecule has 26 heavy (non-hydrogen) atoms. The van der Waals surface area contributed by atoms with Gasteiger partial charge >= 0.3 is 0 Å². The molecule has 0 spiro atoms. The molecule has 1 heterocycles. The van der Waals surface area contributed by atoms with Gasteiger partial charge in [0.2, 0.25) is 0 Å². The van der Waals surface area contributed by atoms with Crippen molar-refractivity contribution in [3.05, 3.63) is 53.0 Å². The number of alkyl halides is 1. The van der Waals surface area contributed by atoms with E-state index in [0.29, 0.717) is 5.69 Å². The summed E-state index contributed by atoms with van der Waals surface area (Å²) >= 11 is 10.00. The molecule has 2 N–H and O–H groups in total. The van der Waals surface area contributed by atoms with E-state index in [4.69, 9.17) is 11.6 Å². The van der Waals surface area contributed by atoms with Gasteiger partial charge in [0.05, 0.1) is 21.6 Å². The second kappa shape index (κ2) is 8.17. The molecule has 1 aliphatic heterocycles. The monoisotopic (exact) mass is 457 g/mol. The molecule has 0 aromatic heterocycles. The normalized spacial score (nSPS) is 21.3. The molecule has 2 aromatic carbocycles. The molecule has 1 aliphatic rings. The average molecular weight is 459 g/mol. The first-order valence-corrected chi connectivity index (χ1v) is 11.0. The summed E-state index contributed by atoms with van der Waals surface area (Å²) < 4.78 is 28.5. The van der Waals surface area contributed by atoms with Crippen molar-refractivity contribution in [2.45, 2.75) is 22.7 Å². The van der Waals surface area contributed by atoms with Crippen LogP contribution >= 0.6 is 27.5 Å². The quantitative estimate of drug-likeness (QED) is 0.666. The van der Waals surface area contributed by atoms with Crippen molar-refractivity contribution in [2.75, 3.05) is 30.2 Å². The van der Waals surface area contributed by atoms with E-state index in [1.54, 1.807) is 42.5 Å². The lowest BCUT2D eigenvalue weighted by molar-refractivity contribution is 0.268. The first-order chi connectivity index (χ1) is 12.3. The Morgan fingerprint density at radius 3 is 2.62 bits per heavy atom. The number of nitrogens with zero attached hydrogens (tertiary/aromatic N) is 1. The molecule has 0 bridgehead atoms. The molecule has 0 amide bonds. The number of anilines is 2. The Morgan fingerprint density at radius 2 is 1.92 bits per heavy atom. The Balaban J connectivity index is 1.78. The van der Waals surface area contributed by atoms with Crippen LogP contribution in [0.1, 0.15) is 6.42 Å². The summed E-state index contributed by atoms with van der Waals surface area (Å²) in [6.07, 6.45) is 0.928. The lowest BCUT2D eigenvalue weighted by Crippen LogP contribution is -2.45. The van der Waals surface area contributed by atoms with E-state index in [2.05, 4.69) is 37.9 Å². The van der Waals surface area contributed by atoms with Gasteiger partial charge in [-0.15, -0.1) is 11.6 Å². The third-order valence-corrected chi connectivity index (χ3v) is 6.89. The Kier molecular flexibility index (Phi) is 6.12. The molecule has 2 aromatic rings. The molecule has 2 unspecified atom stereocenters. The van der Waals surface area contributed by atoms with E-state index in [-0.39, 0.29) is 16.3 Å². The van der Waals surface area contributed by atoms with Gasteiger partial charge in [0.25, 0.3) is 10.0 Å². The largest absolute Gasteiger partial charge is 0.380 e. The Morgan fingerprint density at radius 1 is 1.19 bits per heavy atom. The summed E-state index contributed by atoms with van der Waals surface area (Å²) in [7, 11) is -1.56. The molecular formula is C18H21BrClN3O2S. The fourth-order valence-electron chi connectivity index (χ4n) is 2.93. The number of likely N-dealkylation sites (tertiary alicyclic amines) is 1. The first kappa shape index (κ1) is 19.5. The zero-order valence-corrected chi connectivity index (χ0v) is 17.5. The predicted molar refractivity (Wildman–Crippen MR) is 111 cm³/mol. The summed E-state index contributed by atoms with van der Waals surface area (Å²) in [5.41, 5.74) is 1.32. The summed E-state index contributed by atoms with van der Waals surface area (Å²) in [6.45, 7) is 1.79. The van der Waals surface area contributed by atoms with Crippen LogP contribution in [0.5, 0.6) is 0 Å². The highest BCUT2D eigenvalue weighted by molar-refractivity contribution is 9.10. The molecule has 8 heteroatoms. The van der Waals surface area contributed by atoms with E-state index < -0.39 is 10.0 Å². The van der Waals surface area contributed by atoms with E-state index in [0.717, 1.165) is 29.7 Å². The zero-order chi connectivity index (χ0) is 18.7. The topological polar surface area (TPSA) is 61.4 Å². The van der Waals surface area contributed by atoms with Crippen molar-refractivity contribution in [3.8, 4) is 0 Å². The van der Waals surface area contributed by atoms with Gasteiger partial charge in [0.15, 0.2) is 0 Å². The lowest BCUT2D eigenvalue weighted by atomic mass is 10.0. The lowest BCUT2D eigenvalue weighted by Gasteiger charge is -2.34.